The van der Waals surface area contributed by atoms with Crippen molar-refractivity contribution in [2.75, 3.05) is 13.2 Å². The van der Waals surface area contributed by atoms with E-state index in [1.54, 1.807) is 0 Å². The highest BCUT2D eigenvalue weighted by Crippen LogP contribution is 2.31. The lowest BCUT2D eigenvalue weighted by atomic mass is 9.85. The van der Waals surface area contributed by atoms with E-state index in [1.807, 2.05) is 13.8 Å². The van der Waals surface area contributed by atoms with E-state index >= 15 is 0 Å². The fourth-order valence-electron chi connectivity index (χ4n) is 1.58. The number of ether oxygens (including phenoxy) is 1. The van der Waals surface area contributed by atoms with Gasteiger partial charge in [0.05, 0.1) is 24.4 Å². The van der Waals surface area contributed by atoms with Gasteiger partial charge in [-0.25, -0.2) is 0 Å². The Morgan fingerprint density at radius 2 is 2.09 bits per heavy atom. The zero-order valence-electron chi connectivity index (χ0n) is 7.13. The van der Waals surface area contributed by atoms with Gasteiger partial charge in [0, 0.05) is 12.8 Å². The normalized spacial score (nSPS) is 37.1. The third-order valence-electron chi connectivity index (χ3n) is 2.11. The van der Waals surface area contributed by atoms with Crippen LogP contribution < -0.4 is 0 Å². The van der Waals surface area contributed by atoms with E-state index in [2.05, 4.69) is 0 Å². The summed E-state index contributed by atoms with van der Waals surface area (Å²) in [4.78, 5) is 0. The minimum atomic E-state index is -0.915. The van der Waals surface area contributed by atoms with Gasteiger partial charge >= 0.3 is 0 Å². The van der Waals surface area contributed by atoms with Gasteiger partial charge in [-0.3, -0.25) is 0 Å². The molecule has 11 heavy (non-hydrogen) atoms. The standard InChI is InChI=1S/C8H16O3/c1-7(2)5-8(10,6-9)3-4-11-7/h9-10H,3-6H2,1-2H3. The highest BCUT2D eigenvalue weighted by atomic mass is 16.5. The van der Waals surface area contributed by atoms with E-state index in [0.717, 1.165) is 0 Å². The van der Waals surface area contributed by atoms with Gasteiger partial charge in [0.25, 0.3) is 0 Å². The Morgan fingerprint density at radius 3 is 2.45 bits per heavy atom. The van der Waals surface area contributed by atoms with Gasteiger partial charge in [0.15, 0.2) is 0 Å². The first-order chi connectivity index (χ1) is 4.97. The van der Waals surface area contributed by atoms with Gasteiger partial charge in [-0.1, -0.05) is 0 Å². The maximum atomic E-state index is 9.69. The molecule has 1 heterocycles. The lowest BCUT2D eigenvalue weighted by Crippen LogP contribution is -2.48. The molecule has 1 aliphatic heterocycles. The first kappa shape index (κ1) is 8.97. The molecule has 66 valence electrons. The zero-order valence-corrected chi connectivity index (χ0v) is 7.13. The van der Waals surface area contributed by atoms with Crippen LogP contribution >= 0.6 is 0 Å². The zero-order chi connectivity index (χ0) is 8.54. The molecule has 0 saturated carbocycles. The van der Waals surface area contributed by atoms with Crippen LogP contribution in [-0.2, 0) is 4.74 Å². The van der Waals surface area contributed by atoms with Crippen LogP contribution in [0.25, 0.3) is 0 Å². The average Bonchev–Trinajstić information content (AvgIpc) is 1.85. The van der Waals surface area contributed by atoms with E-state index < -0.39 is 5.60 Å². The number of aliphatic hydroxyl groups is 2. The average molecular weight is 160 g/mol. The monoisotopic (exact) mass is 160 g/mol. The fourth-order valence-corrected chi connectivity index (χ4v) is 1.58. The molecular weight excluding hydrogens is 144 g/mol. The maximum Gasteiger partial charge on any atom is 0.0926 e. The van der Waals surface area contributed by atoms with Gasteiger partial charge in [-0.2, -0.15) is 0 Å². The topological polar surface area (TPSA) is 49.7 Å². The molecule has 3 nitrogen and oxygen atoms in total. The molecule has 1 fully saturated rings. The smallest absolute Gasteiger partial charge is 0.0926 e. The van der Waals surface area contributed by atoms with Crippen molar-refractivity contribution in [3.05, 3.63) is 0 Å². The minimum absolute atomic E-state index is 0.167. The van der Waals surface area contributed by atoms with E-state index in [4.69, 9.17) is 9.84 Å². The maximum absolute atomic E-state index is 9.69. The van der Waals surface area contributed by atoms with Crippen molar-refractivity contribution in [1.82, 2.24) is 0 Å². The fraction of sp³-hybridized carbons (Fsp3) is 1.00. The number of rotatable bonds is 1. The van der Waals surface area contributed by atoms with Crippen molar-refractivity contribution < 1.29 is 14.9 Å². The first-order valence-electron chi connectivity index (χ1n) is 3.95. The molecule has 0 bridgehead atoms. The Labute approximate surface area is 67.0 Å². The molecule has 0 aromatic heterocycles. The molecule has 1 rings (SSSR count). The van der Waals surface area contributed by atoms with Gasteiger partial charge in [0.1, 0.15) is 0 Å². The lowest BCUT2D eigenvalue weighted by molar-refractivity contribution is -0.158. The van der Waals surface area contributed by atoms with Crippen molar-refractivity contribution in [3.8, 4) is 0 Å². The van der Waals surface area contributed by atoms with Crippen LogP contribution in [0.4, 0.5) is 0 Å². The second-order valence-corrected chi connectivity index (χ2v) is 3.92. The SMILES string of the molecule is CC1(C)CC(O)(CO)CCO1. The number of hydrogen-bond acceptors (Lipinski definition) is 3. The number of hydrogen-bond donors (Lipinski definition) is 2. The quantitative estimate of drug-likeness (QED) is 0.580. The summed E-state index contributed by atoms with van der Waals surface area (Å²) in [5, 5.41) is 18.6. The molecule has 1 unspecified atom stereocenters. The molecule has 0 radical (unpaired) electrons. The van der Waals surface area contributed by atoms with Crippen LogP contribution in [0.15, 0.2) is 0 Å². The summed E-state index contributed by atoms with van der Waals surface area (Å²) in [5.74, 6) is 0. The van der Waals surface area contributed by atoms with E-state index in [0.29, 0.717) is 19.4 Å². The molecule has 2 N–H and O–H groups in total. The first-order valence-corrected chi connectivity index (χ1v) is 3.95. The third kappa shape index (κ3) is 2.15. The van der Waals surface area contributed by atoms with E-state index in [9.17, 15) is 5.11 Å². The molecule has 1 aliphatic rings. The third-order valence-corrected chi connectivity index (χ3v) is 2.11. The summed E-state index contributed by atoms with van der Waals surface area (Å²) in [7, 11) is 0. The predicted octanol–water partition coefficient (Wildman–Crippen LogP) is 0.299. The van der Waals surface area contributed by atoms with Crippen LogP contribution in [-0.4, -0.2) is 34.6 Å². The molecule has 0 aromatic carbocycles. The van der Waals surface area contributed by atoms with Crippen LogP contribution in [0.2, 0.25) is 0 Å². The Morgan fingerprint density at radius 1 is 1.45 bits per heavy atom. The van der Waals surface area contributed by atoms with Crippen molar-refractivity contribution in [2.45, 2.75) is 37.9 Å². The molecule has 1 atom stereocenters. The van der Waals surface area contributed by atoms with Crippen LogP contribution in [0.5, 0.6) is 0 Å². The van der Waals surface area contributed by atoms with E-state index in [1.165, 1.54) is 0 Å². The molecule has 0 spiro atoms. The Balaban J connectivity index is 2.59. The molecule has 0 amide bonds. The molecule has 0 aromatic rings. The van der Waals surface area contributed by atoms with Gasteiger partial charge < -0.3 is 14.9 Å². The second-order valence-electron chi connectivity index (χ2n) is 3.92. The Bertz CT molecular complexity index is 144. The molecule has 3 heteroatoms. The van der Waals surface area contributed by atoms with Crippen molar-refractivity contribution in [2.24, 2.45) is 0 Å². The summed E-state index contributed by atoms with van der Waals surface area (Å²) in [6.07, 6.45) is 1.05. The van der Waals surface area contributed by atoms with Crippen LogP contribution in [0, 0.1) is 0 Å². The predicted molar refractivity (Wildman–Crippen MR) is 41.3 cm³/mol. The van der Waals surface area contributed by atoms with Gasteiger partial charge in [0.2, 0.25) is 0 Å². The highest BCUT2D eigenvalue weighted by molar-refractivity contribution is 4.89. The Kier molecular flexibility index (Phi) is 2.23. The summed E-state index contributed by atoms with van der Waals surface area (Å²) < 4.78 is 5.39. The van der Waals surface area contributed by atoms with Gasteiger partial charge in [-0.05, 0) is 13.8 Å². The molecule has 1 saturated heterocycles. The van der Waals surface area contributed by atoms with Crippen LogP contribution in [0.3, 0.4) is 0 Å². The van der Waals surface area contributed by atoms with Crippen LogP contribution in [0.1, 0.15) is 26.7 Å². The molecular formula is C8H16O3. The summed E-state index contributed by atoms with van der Waals surface area (Å²) in [6.45, 7) is 4.21. The molecule has 0 aliphatic carbocycles. The minimum Gasteiger partial charge on any atom is -0.393 e. The van der Waals surface area contributed by atoms with Crippen molar-refractivity contribution in [3.63, 3.8) is 0 Å². The summed E-state index contributed by atoms with van der Waals surface area (Å²) in [6, 6.07) is 0. The summed E-state index contributed by atoms with van der Waals surface area (Å²) in [5.41, 5.74) is -1.21. The highest BCUT2D eigenvalue weighted by Gasteiger charge is 2.38. The van der Waals surface area contributed by atoms with Crippen molar-refractivity contribution in [1.29, 1.82) is 0 Å². The summed E-state index contributed by atoms with van der Waals surface area (Å²) >= 11 is 0. The largest absolute Gasteiger partial charge is 0.393 e. The second kappa shape index (κ2) is 2.73. The number of aliphatic hydroxyl groups excluding tert-OH is 1. The van der Waals surface area contributed by atoms with E-state index in [-0.39, 0.29) is 12.2 Å². The Hall–Kier alpha value is -0.120. The lowest BCUT2D eigenvalue weighted by Gasteiger charge is -2.40. The van der Waals surface area contributed by atoms with Gasteiger partial charge in [-0.15, -0.1) is 0 Å². The van der Waals surface area contributed by atoms with Crippen molar-refractivity contribution >= 4 is 0 Å².